The van der Waals surface area contributed by atoms with Crippen LogP contribution in [0, 0.1) is 6.92 Å². The van der Waals surface area contributed by atoms with Gasteiger partial charge < -0.3 is 10.1 Å². The molecule has 0 unspecified atom stereocenters. The summed E-state index contributed by atoms with van der Waals surface area (Å²) in [6.45, 7) is 4.24. The number of hydrogen-bond donors (Lipinski definition) is 2. The van der Waals surface area contributed by atoms with Gasteiger partial charge in [0, 0.05) is 35.9 Å². The van der Waals surface area contributed by atoms with Crippen LogP contribution in [0.4, 0.5) is 0 Å². The largest absolute Gasteiger partial charge is 0.371 e. The van der Waals surface area contributed by atoms with Crippen molar-refractivity contribution in [1.82, 2.24) is 20.4 Å². The van der Waals surface area contributed by atoms with E-state index in [0.717, 1.165) is 35.8 Å². The number of amides is 1. The fraction of sp³-hybridized carbons (Fsp3) is 0.444. The molecule has 2 saturated heterocycles. The molecule has 0 aliphatic carbocycles. The molecule has 3 heterocycles. The Labute approximate surface area is 151 Å². The van der Waals surface area contributed by atoms with Crippen molar-refractivity contribution >= 4 is 17.5 Å². The Hall–Kier alpha value is -1.89. The van der Waals surface area contributed by atoms with Crippen LogP contribution in [0.5, 0.6) is 0 Å². The molecule has 132 valence electrons. The first-order chi connectivity index (χ1) is 12.1. The molecule has 1 aromatic carbocycles. The van der Waals surface area contributed by atoms with E-state index in [2.05, 4.69) is 20.4 Å². The highest BCUT2D eigenvalue weighted by molar-refractivity contribution is 6.30. The number of carbonyl (C=O) groups excluding carboxylic acids is 1. The van der Waals surface area contributed by atoms with E-state index in [1.165, 1.54) is 0 Å². The molecule has 0 spiro atoms. The van der Waals surface area contributed by atoms with Gasteiger partial charge in [-0.15, -0.1) is 0 Å². The van der Waals surface area contributed by atoms with Crippen LogP contribution in [0.1, 0.15) is 34.3 Å². The Balaban J connectivity index is 1.36. The van der Waals surface area contributed by atoms with Crippen molar-refractivity contribution in [3.05, 3.63) is 52.3 Å². The van der Waals surface area contributed by atoms with Crippen molar-refractivity contribution in [3.63, 3.8) is 0 Å². The molecule has 6 nitrogen and oxygen atoms in total. The first-order valence-corrected chi connectivity index (χ1v) is 8.90. The zero-order chi connectivity index (χ0) is 17.4. The summed E-state index contributed by atoms with van der Waals surface area (Å²) in [4.78, 5) is 14.7. The Morgan fingerprint density at radius 1 is 1.36 bits per heavy atom. The highest BCUT2D eigenvalue weighted by Crippen LogP contribution is 2.30. The van der Waals surface area contributed by atoms with E-state index in [-0.39, 0.29) is 18.1 Å². The maximum Gasteiger partial charge on any atom is 0.272 e. The van der Waals surface area contributed by atoms with Gasteiger partial charge in [-0.25, -0.2) is 0 Å². The number of nitrogens with one attached hydrogen (secondary N) is 2. The molecule has 0 saturated carbocycles. The van der Waals surface area contributed by atoms with Crippen molar-refractivity contribution in [3.8, 4) is 0 Å². The van der Waals surface area contributed by atoms with E-state index in [1.54, 1.807) is 6.07 Å². The van der Waals surface area contributed by atoms with Crippen molar-refractivity contribution in [2.45, 2.75) is 31.5 Å². The summed E-state index contributed by atoms with van der Waals surface area (Å²) >= 11 is 5.96. The molecule has 1 amide bonds. The lowest BCUT2D eigenvalue weighted by atomic mass is 10.1. The lowest BCUT2D eigenvalue weighted by Gasteiger charge is -2.35. The fourth-order valence-electron chi connectivity index (χ4n) is 3.65. The summed E-state index contributed by atoms with van der Waals surface area (Å²) in [5.41, 5.74) is 2.47. The summed E-state index contributed by atoms with van der Waals surface area (Å²) in [7, 11) is 0. The van der Waals surface area contributed by atoms with E-state index < -0.39 is 0 Å². The number of halogens is 1. The monoisotopic (exact) mass is 360 g/mol. The SMILES string of the molecule is Cc1cc(C(=O)N[C@@H]2C[C@H]3CO[C@@H](c4ccc(Cl)cc4)CN3C2)n[nH]1. The third kappa shape index (κ3) is 3.56. The number of fused-ring (bicyclic) bond motifs is 1. The molecular formula is C18H21ClN4O2. The molecule has 7 heteroatoms. The lowest BCUT2D eigenvalue weighted by molar-refractivity contribution is -0.0502. The van der Waals surface area contributed by atoms with E-state index in [9.17, 15) is 4.79 Å². The second-order valence-corrected chi connectivity index (χ2v) is 7.26. The van der Waals surface area contributed by atoms with Gasteiger partial charge in [0.05, 0.1) is 12.7 Å². The number of morpholine rings is 1. The number of carbonyl (C=O) groups is 1. The van der Waals surface area contributed by atoms with Gasteiger partial charge in [0.15, 0.2) is 0 Å². The summed E-state index contributed by atoms with van der Waals surface area (Å²) in [6, 6.07) is 10.1. The highest BCUT2D eigenvalue weighted by atomic mass is 35.5. The van der Waals surface area contributed by atoms with Crippen LogP contribution >= 0.6 is 11.6 Å². The van der Waals surface area contributed by atoms with Crippen LogP contribution in [0.2, 0.25) is 5.02 Å². The number of aryl methyl sites for hydroxylation is 1. The number of aromatic amines is 1. The predicted octanol–water partition coefficient (Wildman–Crippen LogP) is 2.32. The molecule has 1 aromatic heterocycles. The number of ether oxygens (including phenoxy) is 1. The molecule has 0 bridgehead atoms. The van der Waals surface area contributed by atoms with Gasteiger partial charge in [-0.2, -0.15) is 5.10 Å². The Morgan fingerprint density at radius 2 is 2.16 bits per heavy atom. The summed E-state index contributed by atoms with van der Waals surface area (Å²) < 4.78 is 6.04. The van der Waals surface area contributed by atoms with E-state index in [1.807, 2.05) is 31.2 Å². The van der Waals surface area contributed by atoms with Crippen LogP contribution < -0.4 is 5.32 Å². The van der Waals surface area contributed by atoms with Gasteiger partial charge in [-0.3, -0.25) is 14.8 Å². The highest BCUT2D eigenvalue weighted by Gasteiger charge is 2.38. The molecule has 25 heavy (non-hydrogen) atoms. The zero-order valence-corrected chi connectivity index (χ0v) is 14.8. The van der Waals surface area contributed by atoms with Gasteiger partial charge in [0.1, 0.15) is 5.69 Å². The van der Waals surface area contributed by atoms with Crippen LogP contribution in [-0.4, -0.2) is 52.8 Å². The van der Waals surface area contributed by atoms with Gasteiger partial charge in [0.2, 0.25) is 0 Å². The number of benzene rings is 1. The number of nitrogens with zero attached hydrogens (tertiary/aromatic N) is 2. The van der Waals surface area contributed by atoms with Gasteiger partial charge in [0.25, 0.3) is 5.91 Å². The average Bonchev–Trinajstić information content (AvgIpc) is 3.20. The minimum atomic E-state index is -0.121. The molecule has 2 N–H and O–H groups in total. The Morgan fingerprint density at radius 3 is 2.88 bits per heavy atom. The quantitative estimate of drug-likeness (QED) is 0.881. The number of H-pyrrole nitrogens is 1. The number of aromatic nitrogens is 2. The Kier molecular flexibility index (Phi) is 4.50. The summed E-state index contributed by atoms with van der Waals surface area (Å²) in [5, 5.41) is 10.6. The Bertz CT molecular complexity index is 761. The average molecular weight is 361 g/mol. The van der Waals surface area contributed by atoms with Gasteiger partial charge >= 0.3 is 0 Å². The fourth-order valence-corrected chi connectivity index (χ4v) is 3.78. The van der Waals surface area contributed by atoms with Crippen LogP contribution in [0.15, 0.2) is 30.3 Å². The second-order valence-electron chi connectivity index (χ2n) is 6.82. The molecule has 3 atom stereocenters. The third-order valence-corrected chi connectivity index (χ3v) is 5.19. The topological polar surface area (TPSA) is 70.2 Å². The van der Waals surface area contributed by atoms with E-state index >= 15 is 0 Å². The second kappa shape index (κ2) is 6.78. The summed E-state index contributed by atoms with van der Waals surface area (Å²) in [6.07, 6.45) is 0.958. The minimum Gasteiger partial charge on any atom is -0.371 e. The normalized spacial score (nSPS) is 26.4. The van der Waals surface area contributed by atoms with E-state index in [0.29, 0.717) is 18.3 Å². The van der Waals surface area contributed by atoms with E-state index in [4.69, 9.17) is 16.3 Å². The lowest BCUT2D eigenvalue weighted by Crippen LogP contribution is -2.43. The first kappa shape index (κ1) is 16.6. The maximum atomic E-state index is 12.3. The van der Waals surface area contributed by atoms with Crippen LogP contribution in [0.25, 0.3) is 0 Å². The number of rotatable bonds is 3. The molecule has 2 aliphatic rings. The van der Waals surface area contributed by atoms with Crippen LogP contribution in [-0.2, 0) is 4.74 Å². The molecular weight excluding hydrogens is 340 g/mol. The number of hydrogen-bond acceptors (Lipinski definition) is 4. The zero-order valence-electron chi connectivity index (χ0n) is 14.0. The van der Waals surface area contributed by atoms with Crippen molar-refractivity contribution < 1.29 is 9.53 Å². The maximum absolute atomic E-state index is 12.3. The molecule has 4 rings (SSSR count). The standard InChI is InChI=1S/C18H21ClN4O2/c1-11-6-16(22-21-11)18(24)20-14-7-15-10-25-17(9-23(15)8-14)12-2-4-13(19)5-3-12/h2-6,14-15,17H,7-10H2,1H3,(H,20,24)(H,21,22)/t14-,15+,17-/m1/s1. The third-order valence-electron chi connectivity index (χ3n) is 4.93. The smallest absolute Gasteiger partial charge is 0.272 e. The van der Waals surface area contributed by atoms with Gasteiger partial charge in [-0.05, 0) is 37.1 Å². The minimum absolute atomic E-state index is 0.0527. The van der Waals surface area contributed by atoms with Crippen molar-refractivity contribution in [2.24, 2.45) is 0 Å². The molecule has 0 radical (unpaired) electrons. The molecule has 2 aliphatic heterocycles. The molecule has 2 aromatic rings. The van der Waals surface area contributed by atoms with Crippen molar-refractivity contribution in [2.75, 3.05) is 19.7 Å². The molecule has 2 fully saturated rings. The van der Waals surface area contributed by atoms with Crippen molar-refractivity contribution in [1.29, 1.82) is 0 Å². The van der Waals surface area contributed by atoms with Crippen LogP contribution in [0.3, 0.4) is 0 Å². The predicted molar refractivity (Wildman–Crippen MR) is 94.7 cm³/mol. The summed E-state index contributed by atoms with van der Waals surface area (Å²) in [5.74, 6) is -0.121. The first-order valence-electron chi connectivity index (χ1n) is 8.52. The van der Waals surface area contributed by atoms with Gasteiger partial charge in [-0.1, -0.05) is 23.7 Å².